The number of para-hydroxylation sites is 1. The van der Waals surface area contributed by atoms with Gasteiger partial charge in [0.25, 0.3) is 0 Å². The second kappa shape index (κ2) is 5.17. The van der Waals surface area contributed by atoms with Crippen LogP contribution in [0, 0.1) is 12.3 Å². The maximum absolute atomic E-state index is 12.3. The van der Waals surface area contributed by atoms with Gasteiger partial charge in [0.05, 0.1) is 21.6 Å². The lowest BCUT2D eigenvalue weighted by atomic mass is 9.92. The van der Waals surface area contributed by atoms with E-state index in [4.69, 9.17) is 18.0 Å². The molecule has 104 valence electrons. The predicted octanol–water partition coefficient (Wildman–Crippen LogP) is 2.79. The van der Waals surface area contributed by atoms with Crippen molar-refractivity contribution >= 4 is 39.7 Å². The molecule has 2 aromatic rings. The number of pyridine rings is 1. The van der Waals surface area contributed by atoms with Gasteiger partial charge in [0.2, 0.25) is 5.91 Å². The highest BCUT2D eigenvalue weighted by Gasteiger charge is 2.31. The molecule has 2 rings (SSSR count). The average Bonchev–Trinajstić information content (AvgIpc) is 2.38. The Morgan fingerprint density at radius 1 is 1.35 bits per heavy atom. The summed E-state index contributed by atoms with van der Waals surface area (Å²) in [5.74, 6) is -0.222. The third-order valence-electron chi connectivity index (χ3n) is 3.28. The Balaban J connectivity index is 2.44. The van der Waals surface area contributed by atoms with Gasteiger partial charge in [-0.2, -0.15) is 0 Å². The lowest BCUT2D eigenvalue weighted by Crippen LogP contribution is -2.41. The first-order valence-corrected chi connectivity index (χ1v) is 6.71. The highest BCUT2D eigenvalue weighted by molar-refractivity contribution is 7.80. The van der Waals surface area contributed by atoms with Gasteiger partial charge in [-0.15, -0.1) is 0 Å². The number of rotatable bonds is 3. The van der Waals surface area contributed by atoms with Gasteiger partial charge in [0.15, 0.2) is 0 Å². The van der Waals surface area contributed by atoms with Crippen molar-refractivity contribution in [2.45, 2.75) is 20.8 Å². The molecule has 0 spiro atoms. The van der Waals surface area contributed by atoms with Crippen molar-refractivity contribution in [2.75, 3.05) is 5.32 Å². The van der Waals surface area contributed by atoms with Gasteiger partial charge in [-0.05, 0) is 32.9 Å². The lowest BCUT2D eigenvalue weighted by Gasteiger charge is -2.22. The molecule has 0 bridgehead atoms. The lowest BCUT2D eigenvalue weighted by molar-refractivity contribution is -0.121. The highest BCUT2D eigenvalue weighted by atomic mass is 32.1. The number of aryl methyl sites for hydroxylation is 1. The number of thiocarbonyl (C=S) groups is 1. The summed E-state index contributed by atoms with van der Waals surface area (Å²) in [6.07, 6.45) is 0. The van der Waals surface area contributed by atoms with Crippen LogP contribution in [0.5, 0.6) is 0 Å². The van der Waals surface area contributed by atoms with Gasteiger partial charge in [-0.25, -0.2) is 0 Å². The van der Waals surface area contributed by atoms with Crippen LogP contribution in [0.4, 0.5) is 5.69 Å². The maximum atomic E-state index is 12.3. The Morgan fingerprint density at radius 2 is 2.00 bits per heavy atom. The molecule has 4 nitrogen and oxygen atoms in total. The van der Waals surface area contributed by atoms with Crippen molar-refractivity contribution in [1.82, 2.24) is 4.98 Å². The predicted molar refractivity (Wildman–Crippen MR) is 85.7 cm³/mol. The molecule has 20 heavy (non-hydrogen) atoms. The van der Waals surface area contributed by atoms with Crippen LogP contribution in [0.3, 0.4) is 0 Å². The van der Waals surface area contributed by atoms with E-state index in [0.29, 0.717) is 0 Å². The zero-order chi connectivity index (χ0) is 14.9. The van der Waals surface area contributed by atoms with Crippen molar-refractivity contribution in [3.05, 3.63) is 36.0 Å². The quantitative estimate of drug-likeness (QED) is 0.852. The van der Waals surface area contributed by atoms with Crippen molar-refractivity contribution in [3.8, 4) is 0 Å². The van der Waals surface area contributed by atoms with Gasteiger partial charge in [0.1, 0.15) is 0 Å². The molecule has 0 saturated heterocycles. The molecule has 0 fully saturated rings. The van der Waals surface area contributed by atoms with Crippen LogP contribution in [-0.4, -0.2) is 15.9 Å². The molecule has 1 heterocycles. The van der Waals surface area contributed by atoms with E-state index in [9.17, 15) is 4.79 Å². The smallest absolute Gasteiger partial charge is 0.236 e. The molecule has 5 heteroatoms. The number of nitrogens with zero attached hydrogens (tertiary/aromatic N) is 1. The van der Waals surface area contributed by atoms with Crippen LogP contribution < -0.4 is 11.1 Å². The van der Waals surface area contributed by atoms with E-state index < -0.39 is 5.41 Å². The summed E-state index contributed by atoms with van der Waals surface area (Å²) in [6.45, 7) is 5.31. The van der Waals surface area contributed by atoms with E-state index in [1.165, 1.54) is 0 Å². The summed E-state index contributed by atoms with van der Waals surface area (Å²) in [7, 11) is 0. The first-order valence-electron chi connectivity index (χ1n) is 6.30. The summed E-state index contributed by atoms with van der Waals surface area (Å²) in [6, 6.07) is 9.50. The van der Waals surface area contributed by atoms with Gasteiger partial charge in [0, 0.05) is 11.1 Å². The summed E-state index contributed by atoms with van der Waals surface area (Å²) >= 11 is 4.95. The topological polar surface area (TPSA) is 68.0 Å². The minimum atomic E-state index is -0.895. The van der Waals surface area contributed by atoms with E-state index in [1.54, 1.807) is 13.8 Å². The number of nitrogens with one attached hydrogen (secondary N) is 1. The minimum absolute atomic E-state index is 0.171. The average molecular weight is 287 g/mol. The van der Waals surface area contributed by atoms with Crippen molar-refractivity contribution in [1.29, 1.82) is 0 Å². The van der Waals surface area contributed by atoms with Gasteiger partial charge in [-0.3, -0.25) is 9.78 Å². The second-order valence-electron chi connectivity index (χ2n) is 5.27. The molecule has 1 aromatic carbocycles. The van der Waals surface area contributed by atoms with Crippen LogP contribution in [-0.2, 0) is 4.79 Å². The molecule has 0 unspecified atom stereocenters. The fourth-order valence-corrected chi connectivity index (χ4v) is 1.89. The van der Waals surface area contributed by atoms with Crippen LogP contribution >= 0.6 is 12.2 Å². The van der Waals surface area contributed by atoms with Gasteiger partial charge >= 0.3 is 0 Å². The van der Waals surface area contributed by atoms with Gasteiger partial charge < -0.3 is 11.1 Å². The number of carbonyl (C=O) groups excluding carboxylic acids is 1. The Bertz CT molecular complexity index is 695. The van der Waals surface area contributed by atoms with E-state index in [1.807, 2.05) is 37.3 Å². The molecule has 1 aromatic heterocycles. The number of anilines is 1. The second-order valence-corrected chi connectivity index (χ2v) is 5.71. The molecule has 1 amide bonds. The standard InChI is InChI=1S/C15H17N3OS/c1-9-8-12(10-6-4-5-7-11(10)17-9)18-14(19)15(2,3)13(16)20/h4-8H,1-3H3,(H2,16,20)(H,17,18,19). The fraction of sp³-hybridized carbons (Fsp3) is 0.267. The number of hydrogen-bond acceptors (Lipinski definition) is 3. The number of fused-ring (bicyclic) bond motifs is 1. The first kappa shape index (κ1) is 14.4. The zero-order valence-electron chi connectivity index (χ0n) is 11.7. The molecule has 0 saturated carbocycles. The molecule has 0 aliphatic rings. The van der Waals surface area contributed by atoms with E-state index >= 15 is 0 Å². The SMILES string of the molecule is Cc1cc(NC(=O)C(C)(C)C(N)=S)c2ccccc2n1. The minimum Gasteiger partial charge on any atom is -0.392 e. The van der Waals surface area contributed by atoms with Crippen molar-refractivity contribution < 1.29 is 4.79 Å². The third-order valence-corrected chi connectivity index (χ3v) is 3.79. The number of hydrogen-bond donors (Lipinski definition) is 2. The van der Waals surface area contributed by atoms with Crippen molar-refractivity contribution in [2.24, 2.45) is 11.1 Å². The van der Waals surface area contributed by atoms with Crippen molar-refractivity contribution in [3.63, 3.8) is 0 Å². The number of aromatic nitrogens is 1. The van der Waals surface area contributed by atoms with Crippen LogP contribution in [0.2, 0.25) is 0 Å². The molecule has 3 N–H and O–H groups in total. The number of nitrogens with two attached hydrogens (primary N) is 1. The Labute approximate surface area is 123 Å². The summed E-state index contributed by atoms with van der Waals surface area (Å²) < 4.78 is 0. The number of carbonyl (C=O) groups is 1. The molecule has 0 aliphatic heterocycles. The highest BCUT2D eigenvalue weighted by Crippen LogP contribution is 2.25. The summed E-state index contributed by atoms with van der Waals surface area (Å²) in [5, 5.41) is 3.79. The normalized spacial score (nSPS) is 11.3. The first-order chi connectivity index (χ1) is 9.32. The Hall–Kier alpha value is -2.01. The molecule has 0 aliphatic carbocycles. The van der Waals surface area contributed by atoms with Crippen LogP contribution in [0.25, 0.3) is 10.9 Å². The van der Waals surface area contributed by atoms with Crippen LogP contribution in [0.15, 0.2) is 30.3 Å². The summed E-state index contributed by atoms with van der Waals surface area (Å²) in [4.78, 5) is 16.9. The monoisotopic (exact) mass is 287 g/mol. The van der Waals surface area contributed by atoms with E-state index in [-0.39, 0.29) is 10.9 Å². The molecule has 0 radical (unpaired) electrons. The largest absolute Gasteiger partial charge is 0.392 e. The maximum Gasteiger partial charge on any atom is 0.236 e. The Kier molecular flexibility index (Phi) is 3.72. The Morgan fingerprint density at radius 3 is 2.65 bits per heavy atom. The summed E-state index contributed by atoms with van der Waals surface area (Å²) in [5.41, 5.74) is 7.14. The van der Waals surface area contributed by atoms with E-state index in [0.717, 1.165) is 22.3 Å². The van der Waals surface area contributed by atoms with Gasteiger partial charge in [-0.1, -0.05) is 30.4 Å². The fourth-order valence-electron chi connectivity index (χ4n) is 1.80. The molecule has 0 atom stereocenters. The van der Waals surface area contributed by atoms with E-state index in [2.05, 4.69) is 10.3 Å². The number of benzene rings is 1. The zero-order valence-corrected chi connectivity index (χ0v) is 12.5. The number of amides is 1. The molecular weight excluding hydrogens is 270 g/mol. The third kappa shape index (κ3) is 2.63. The van der Waals surface area contributed by atoms with Crippen LogP contribution in [0.1, 0.15) is 19.5 Å². The molecular formula is C15H17N3OS.